The van der Waals surface area contributed by atoms with E-state index in [0.717, 1.165) is 18.0 Å². The number of aryl methyl sites for hydroxylation is 1. The maximum Gasteiger partial charge on any atom is 0.416 e. The highest BCUT2D eigenvalue weighted by Crippen LogP contribution is 2.30. The van der Waals surface area contributed by atoms with Gasteiger partial charge < -0.3 is 4.74 Å². The van der Waals surface area contributed by atoms with Gasteiger partial charge in [-0.15, -0.1) is 0 Å². The van der Waals surface area contributed by atoms with Gasteiger partial charge >= 0.3 is 6.18 Å². The van der Waals surface area contributed by atoms with Gasteiger partial charge in [0.05, 0.1) is 17.9 Å². The molecule has 0 unspecified atom stereocenters. The van der Waals surface area contributed by atoms with Crippen molar-refractivity contribution >= 4 is 11.8 Å². The smallest absolute Gasteiger partial charge is 0.416 e. The number of benzene rings is 1. The zero-order chi connectivity index (χ0) is 15.3. The minimum atomic E-state index is -4.31. The molecule has 0 fully saturated rings. The minimum Gasteiger partial charge on any atom is -0.493 e. The van der Waals surface area contributed by atoms with Gasteiger partial charge in [-0.2, -0.15) is 30.0 Å². The Morgan fingerprint density at radius 2 is 1.95 bits per heavy atom. The molecule has 1 aromatic heterocycles. The summed E-state index contributed by atoms with van der Waals surface area (Å²) in [5.41, 5.74) is -0.675. The summed E-state index contributed by atoms with van der Waals surface area (Å²) in [6.45, 7) is 0.424. The van der Waals surface area contributed by atoms with Crippen LogP contribution in [0.2, 0.25) is 0 Å². The lowest BCUT2D eigenvalue weighted by molar-refractivity contribution is -0.137. The van der Waals surface area contributed by atoms with E-state index >= 15 is 0 Å². The summed E-state index contributed by atoms with van der Waals surface area (Å²) in [6.07, 6.45) is -2.82. The first-order chi connectivity index (χ1) is 9.97. The highest BCUT2D eigenvalue weighted by Gasteiger charge is 2.29. The predicted molar refractivity (Wildman–Crippen MR) is 74.1 cm³/mol. The quantitative estimate of drug-likeness (QED) is 0.767. The standard InChI is InChI=1S/C13H14F3N3OS/c1-19-12(17-9-18-19)8-21-7-6-20-11-4-2-10(3-5-11)13(14,15)16/h2-5,9H,6-8H2,1H3. The van der Waals surface area contributed by atoms with Crippen LogP contribution in [0.5, 0.6) is 5.75 Å². The molecule has 0 atom stereocenters. The topological polar surface area (TPSA) is 39.9 Å². The van der Waals surface area contributed by atoms with Crippen molar-refractivity contribution < 1.29 is 17.9 Å². The lowest BCUT2D eigenvalue weighted by Gasteiger charge is -2.09. The van der Waals surface area contributed by atoms with Crippen LogP contribution in [0.15, 0.2) is 30.6 Å². The third-order valence-corrected chi connectivity index (χ3v) is 3.63. The van der Waals surface area contributed by atoms with E-state index < -0.39 is 11.7 Å². The molecule has 0 amide bonds. The van der Waals surface area contributed by atoms with Crippen molar-refractivity contribution in [3.63, 3.8) is 0 Å². The fourth-order valence-corrected chi connectivity index (χ4v) is 2.36. The predicted octanol–water partition coefficient (Wildman–Crippen LogP) is 3.15. The zero-order valence-corrected chi connectivity index (χ0v) is 12.1. The van der Waals surface area contributed by atoms with Gasteiger partial charge in [0.1, 0.15) is 17.9 Å². The van der Waals surface area contributed by atoms with Crippen LogP contribution in [0.1, 0.15) is 11.4 Å². The van der Waals surface area contributed by atoms with Gasteiger partial charge in [0, 0.05) is 12.8 Å². The molecule has 2 rings (SSSR count). The van der Waals surface area contributed by atoms with Crippen LogP contribution in [0, 0.1) is 0 Å². The summed E-state index contributed by atoms with van der Waals surface area (Å²) in [6, 6.07) is 4.69. The van der Waals surface area contributed by atoms with Crippen LogP contribution in [-0.4, -0.2) is 27.1 Å². The molecule has 0 aliphatic heterocycles. The van der Waals surface area contributed by atoms with Gasteiger partial charge in [0.25, 0.3) is 0 Å². The van der Waals surface area contributed by atoms with Gasteiger partial charge in [0.2, 0.25) is 0 Å². The maximum atomic E-state index is 12.4. The highest BCUT2D eigenvalue weighted by molar-refractivity contribution is 7.98. The van der Waals surface area contributed by atoms with Crippen molar-refractivity contribution in [3.8, 4) is 5.75 Å². The monoisotopic (exact) mass is 317 g/mol. The largest absolute Gasteiger partial charge is 0.493 e. The number of aromatic nitrogens is 3. The Labute approximate surface area is 124 Å². The van der Waals surface area contributed by atoms with Gasteiger partial charge in [-0.3, -0.25) is 4.68 Å². The Balaban J connectivity index is 1.70. The lowest BCUT2D eigenvalue weighted by Crippen LogP contribution is -2.05. The number of ether oxygens (including phenoxy) is 1. The molecule has 2 aromatic rings. The number of hydrogen-bond acceptors (Lipinski definition) is 4. The van der Waals surface area contributed by atoms with Crippen molar-refractivity contribution in [3.05, 3.63) is 42.0 Å². The number of nitrogens with zero attached hydrogens (tertiary/aromatic N) is 3. The van der Waals surface area contributed by atoms with E-state index in [0.29, 0.717) is 23.9 Å². The molecule has 0 saturated carbocycles. The third-order valence-electron chi connectivity index (χ3n) is 2.71. The Morgan fingerprint density at radius 1 is 1.24 bits per heavy atom. The van der Waals surface area contributed by atoms with E-state index in [1.165, 1.54) is 18.5 Å². The highest BCUT2D eigenvalue weighted by atomic mass is 32.2. The number of halogens is 3. The molecule has 0 aliphatic carbocycles. The van der Waals surface area contributed by atoms with Gasteiger partial charge in [-0.25, -0.2) is 4.98 Å². The van der Waals surface area contributed by atoms with Crippen LogP contribution in [0.3, 0.4) is 0 Å². The third kappa shape index (κ3) is 4.66. The summed E-state index contributed by atoms with van der Waals surface area (Å²) in [4.78, 5) is 4.09. The first-order valence-electron chi connectivity index (χ1n) is 6.17. The van der Waals surface area contributed by atoms with Crippen molar-refractivity contribution in [1.29, 1.82) is 0 Å². The summed E-state index contributed by atoms with van der Waals surface area (Å²) in [7, 11) is 1.82. The van der Waals surface area contributed by atoms with E-state index in [2.05, 4.69) is 10.1 Å². The molecule has 0 spiro atoms. The fraction of sp³-hybridized carbons (Fsp3) is 0.385. The molecule has 0 bridgehead atoms. The van der Waals surface area contributed by atoms with Gasteiger partial charge in [-0.05, 0) is 24.3 Å². The fourth-order valence-electron chi connectivity index (χ4n) is 1.57. The molecule has 0 saturated heterocycles. The van der Waals surface area contributed by atoms with Crippen molar-refractivity contribution in [2.45, 2.75) is 11.9 Å². The Kier molecular flexibility index (Phi) is 5.11. The normalized spacial score (nSPS) is 11.6. The first-order valence-corrected chi connectivity index (χ1v) is 7.33. The summed E-state index contributed by atoms with van der Waals surface area (Å²) < 4.78 is 44.2. The zero-order valence-electron chi connectivity index (χ0n) is 11.3. The SMILES string of the molecule is Cn1ncnc1CSCCOc1ccc(C(F)(F)F)cc1. The summed E-state index contributed by atoms with van der Waals surface area (Å²) in [5, 5.41) is 3.96. The summed E-state index contributed by atoms with van der Waals surface area (Å²) in [5.74, 6) is 2.73. The van der Waals surface area contributed by atoms with E-state index in [1.54, 1.807) is 16.4 Å². The average Bonchev–Trinajstić information content (AvgIpc) is 2.84. The molecule has 0 N–H and O–H groups in total. The second-order valence-electron chi connectivity index (χ2n) is 4.22. The van der Waals surface area contributed by atoms with Crippen LogP contribution in [0.4, 0.5) is 13.2 Å². The molecule has 4 nitrogen and oxygen atoms in total. The second kappa shape index (κ2) is 6.84. The van der Waals surface area contributed by atoms with Crippen LogP contribution >= 0.6 is 11.8 Å². The summed E-state index contributed by atoms with van der Waals surface area (Å²) >= 11 is 1.62. The van der Waals surface area contributed by atoms with E-state index in [4.69, 9.17) is 4.74 Å². The minimum absolute atomic E-state index is 0.424. The molecule has 21 heavy (non-hydrogen) atoms. The molecule has 1 heterocycles. The average molecular weight is 317 g/mol. The molecule has 114 valence electrons. The molecule has 0 aliphatic rings. The maximum absolute atomic E-state index is 12.4. The van der Waals surface area contributed by atoms with Crippen LogP contribution in [0.25, 0.3) is 0 Å². The molecular formula is C13H14F3N3OS. The Bertz CT molecular complexity index is 569. The number of thioether (sulfide) groups is 1. The second-order valence-corrected chi connectivity index (χ2v) is 5.33. The molecule has 0 radical (unpaired) electrons. The van der Waals surface area contributed by atoms with Crippen molar-refractivity contribution in [2.24, 2.45) is 7.05 Å². The van der Waals surface area contributed by atoms with Crippen LogP contribution < -0.4 is 4.74 Å². The molecule has 1 aromatic carbocycles. The van der Waals surface area contributed by atoms with Crippen molar-refractivity contribution in [1.82, 2.24) is 14.8 Å². The van der Waals surface area contributed by atoms with E-state index in [1.807, 2.05) is 7.05 Å². The number of rotatable bonds is 6. The van der Waals surface area contributed by atoms with Gasteiger partial charge in [0.15, 0.2) is 0 Å². The molecular weight excluding hydrogens is 303 g/mol. The Hall–Kier alpha value is -1.70. The Morgan fingerprint density at radius 3 is 2.52 bits per heavy atom. The van der Waals surface area contributed by atoms with Crippen molar-refractivity contribution in [2.75, 3.05) is 12.4 Å². The lowest BCUT2D eigenvalue weighted by atomic mass is 10.2. The van der Waals surface area contributed by atoms with E-state index in [9.17, 15) is 13.2 Å². The number of alkyl halides is 3. The van der Waals surface area contributed by atoms with Crippen LogP contribution in [-0.2, 0) is 19.0 Å². The number of hydrogen-bond donors (Lipinski definition) is 0. The van der Waals surface area contributed by atoms with Gasteiger partial charge in [-0.1, -0.05) is 0 Å². The first kappa shape index (κ1) is 15.7. The van der Waals surface area contributed by atoms with E-state index in [-0.39, 0.29) is 0 Å². The molecule has 8 heteroatoms.